The number of methoxy groups -OCH3 is 1. The van der Waals surface area contributed by atoms with Crippen LogP contribution in [0.1, 0.15) is 17.5 Å². The molecule has 2 rings (SSSR count). The first-order valence-corrected chi connectivity index (χ1v) is 7.96. The van der Waals surface area contributed by atoms with Gasteiger partial charge in [-0.3, -0.25) is 9.36 Å². The Balaban J connectivity index is 2.07. The van der Waals surface area contributed by atoms with E-state index in [1.54, 1.807) is 18.6 Å². The predicted molar refractivity (Wildman–Crippen MR) is 85.9 cm³/mol. The summed E-state index contributed by atoms with van der Waals surface area (Å²) >= 11 is 7.36. The number of nitrogens with zero attached hydrogens (tertiary/aromatic N) is 3. The van der Waals surface area contributed by atoms with Crippen LogP contribution in [0.25, 0.3) is 0 Å². The highest BCUT2D eigenvalue weighted by molar-refractivity contribution is 7.99. The van der Waals surface area contributed by atoms with Crippen LogP contribution < -0.4 is 5.73 Å². The van der Waals surface area contributed by atoms with Gasteiger partial charge in [0.15, 0.2) is 5.16 Å². The van der Waals surface area contributed by atoms with Gasteiger partial charge in [-0.15, -0.1) is 10.2 Å². The lowest BCUT2D eigenvalue weighted by molar-refractivity contribution is -0.118. The standard InChI is InChI=1S/C14H17ClN4O2S/c1-9-17-18-14(19(9)7-13(16)20)22-8-12(21-2)10-3-5-11(15)6-4-10/h3-6,12H,7-8H2,1-2H3,(H2,16,20). The smallest absolute Gasteiger partial charge is 0.237 e. The largest absolute Gasteiger partial charge is 0.376 e. The molecule has 1 aromatic heterocycles. The Hall–Kier alpha value is -1.57. The average molecular weight is 341 g/mol. The van der Waals surface area contributed by atoms with Crippen molar-refractivity contribution in [3.8, 4) is 0 Å². The lowest BCUT2D eigenvalue weighted by atomic mass is 10.1. The number of carbonyl (C=O) groups excluding carboxylic acids is 1. The van der Waals surface area contributed by atoms with E-state index in [0.29, 0.717) is 21.8 Å². The highest BCUT2D eigenvalue weighted by atomic mass is 35.5. The van der Waals surface area contributed by atoms with Gasteiger partial charge in [0.25, 0.3) is 0 Å². The molecule has 1 aromatic carbocycles. The maximum atomic E-state index is 11.1. The first-order chi connectivity index (χ1) is 10.5. The molecule has 2 aromatic rings. The van der Waals surface area contributed by atoms with Crippen LogP contribution in [0.5, 0.6) is 0 Å². The number of thioether (sulfide) groups is 1. The minimum absolute atomic E-state index is 0.0692. The molecule has 1 atom stereocenters. The molecule has 1 unspecified atom stereocenters. The van der Waals surface area contributed by atoms with Crippen molar-refractivity contribution in [1.29, 1.82) is 0 Å². The summed E-state index contributed by atoms with van der Waals surface area (Å²) < 4.78 is 7.21. The number of benzene rings is 1. The molecule has 0 radical (unpaired) electrons. The molecule has 8 heteroatoms. The monoisotopic (exact) mass is 340 g/mol. The topological polar surface area (TPSA) is 83.0 Å². The molecule has 6 nitrogen and oxygen atoms in total. The highest BCUT2D eigenvalue weighted by Gasteiger charge is 2.16. The van der Waals surface area contributed by atoms with Gasteiger partial charge in [-0.05, 0) is 24.6 Å². The summed E-state index contributed by atoms with van der Waals surface area (Å²) in [6.45, 7) is 1.85. The maximum Gasteiger partial charge on any atom is 0.237 e. The first-order valence-electron chi connectivity index (χ1n) is 6.60. The van der Waals surface area contributed by atoms with Crippen molar-refractivity contribution in [1.82, 2.24) is 14.8 Å². The Bertz CT molecular complexity index is 645. The summed E-state index contributed by atoms with van der Waals surface area (Å²) in [5.41, 5.74) is 6.27. The van der Waals surface area contributed by atoms with Crippen molar-refractivity contribution < 1.29 is 9.53 Å². The number of hydrogen-bond acceptors (Lipinski definition) is 5. The molecule has 0 saturated carbocycles. The molecule has 0 bridgehead atoms. The van der Waals surface area contributed by atoms with Gasteiger partial charge in [0.05, 0.1) is 6.10 Å². The second kappa shape index (κ2) is 7.62. The molecule has 1 amide bonds. The van der Waals surface area contributed by atoms with Gasteiger partial charge in [0.1, 0.15) is 12.4 Å². The number of rotatable bonds is 7. The molecule has 22 heavy (non-hydrogen) atoms. The number of carbonyl (C=O) groups is 1. The number of nitrogens with two attached hydrogens (primary N) is 1. The van der Waals surface area contributed by atoms with E-state index in [1.807, 2.05) is 24.3 Å². The fourth-order valence-electron chi connectivity index (χ4n) is 1.93. The number of amides is 1. The molecule has 2 N–H and O–H groups in total. The van der Waals surface area contributed by atoms with E-state index in [9.17, 15) is 4.79 Å². The third kappa shape index (κ3) is 4.22. The summed E-state index contributed by atoms with van der Waals surface area (Å²) in [5, 5.41) is 9.39. The minimum atomic E-state index is -0.425. The normalized spacial score (nSPS) is 12.3. The summed E-state index contributed by atoms with van der Waals surface area (Å²) in [4.78, 5) is 11.1. The number of hydrogen-bond donors (Lipinski definition) is 1. The van der Waals surface area contributed by atoms with Crippen molar-refractivity contribution in [2.75, 3.05) is 12.9 Å². The summed E-state index contributed by atoms with van der Waals surface area (Å²) in [6.07, 6.45) is -0.110. The summed E-state index contributed by atoms with van der Waals surface area (Å²) in [7, 11) is 1.65. The molecular formula is C14H17ClN4O2S. The van der Waals surface area contributed by atoms with Crippen LogP contribution in [0.15, 0.2) is 29.4 Å². The van der Waals surface area contributed by atoms with Gasteiger partial charge in [-0.2, -0.15) is 0 Å². The number of aromatic nitrogens is 3. The second-order valence-corrected chi connectivity index (χ2v) is 6.09. The molecule has 0 fully saturated rings. The van der Waals surface area contributed by atoms with Crippen LogP contribution in [-0.4, -0.2) is 33.5 Å². The molecule has 0 spiro atoms. The molecule has 118 valence electrons. The molecule has 0 saturated heterocycles. The van der Waals surface area contributed by atoms with Crippen LogP contribution >= 0.6 is 23.4 Å². The fraction of sp³-hybridized carbons (Fsp3) is 0.357. The zero-order valence-corrected chi connectivity index (χ0v) is 13.9. The Morgan fingerprint density at radius 3 is 2.68 bits per heavy atom. The van der Waals surface area contributed by atoms with Crippen molar-refractivity contribution in [2.45, 2.75) is 24.7 Å². The third-order valence-corrected chi connectivity index (χ3v) is 4.39. The number of aryl methyl sites for hydroxylation is 1. The number of primary amides is 1. The summed E-state index contributed by atoms with van der Waals surface area (Å²) in [6, 6.07) is 7.51. The first kappa shape index (κ1) is 16.8. The van der Waals surface area contributed by atoms with E-state index in [2.05, 4.69) is 10.2 Å². The molecule has 0 aliphatic carbocycles. The molecule has 1 heterocycles. The lowest BCUT2D eigenvalue weighted by Gasteiger charge is -2.15. The van der Waals surface area contributed by atoms with Gasteiger partial charge in [-0.1, -0.05) is 35.5 Å². The molecule has 0 aliphatic rings. The van der Waals surface area contributed by atoms with Crippen LogP contribution in [-0.2, 0) is 16.1 Å². The Morgan fingerprint density at radius 1 is 1.41 bits per heavy atom. The average Bonchev–Trinajstić information content (AvgIpc) is 2.82. The van der Waals surface area contributed by atoms with Crippen LogP contribution in [0.2, 0.25) is 5.02 Å². The van der Waals surface area contributed by atoms with Crippen LogP contribution in [0.3, 0.4) is 0 Å². The van der Waals surface area contributed by atoms with E-state index in [-0.39, 0.29) is 12.6 Å². The van der Waals surface area contributed by atoms with Crippen LogP contribution in [0.4, 0.5) is 0 Å². The van der Waals surface area contributed by atoms with Gasteiger partial charge in [0, 0.05) is 17.9 Å². The quantitative estimate of drug-likeness (QED) is 0.781. The minimum Gasteiger partial charge on any atom is -0.376 e. The maximum absolute atomic E-state index is 11.1. The lowest BCUT2D eigenvalue weighted by Crippen LogP contribution is -2.20. The van der Waals surface area contributed by atoms with Crippen molar-refractivity contribution in [3.05, 3.63) is 40.7 Å². The van der Waals surface area contributed by atoms with Gasteiger partial charge < -0.3 is 10.5 Å². The predicted octanol–water partition coefficient (Wildman–Crippen LogP) is 2.21. The Kier molecular flexibility index (Phi) is 5.82. The summed E-state index contributed by atoms with van der Waals surface area (Å²) in [5.74, 6) is 0.863. The van der Waals surface area contributed by atoms with Crippen molar-refractivity contribution in [2.24, 2.45) is 5.73 Å². The van der Waals surface area contributed by atoms with E-state index in [0.717, 1.165) is 5.56 Å². The molecule has 0 aliphatic heterocycles. The fourth-order valence-corrected chi connectivity index (χ4v) is 3.14. The number of halogens is 1. The Morgan fingerprint density at radius 2 is 2.09 bits per heavy atom. The van der Waals surface area contributed by atoms with Gasteiger partial charge in [-0.25, -0.2) is 0 Å². The highest BCUT2D eigenvalue weighted by Crippen LogP contribution is 2.27. The van der Waals surface area contributed by atoms with E-state index >= 15 is 0 Å². The van der Waals surface area contributed by atoms with Crippen LogP contribution in [0, 0.1) is 6.92 Å². The SMILES string of the molecule is COC(CSc1nnc(C)n1CC(N)=O)c1ccc(Cl)cc1. The van der Waals surface area contributed by atoms with E-state index in [1.165, 1.54) is 11.8 Å². The van der Waals surface area contributed by atoms with Gasteiger partial charge >= 0.3 is 0 Å². The molecular weight excluding hydrogens is 324 g/mol. The third-order valence-electron chi connectivity index (χ3n) is 3.11. The second-order valence-electron chi connectivity index (χ2n) is 4.67. The van der Waals surface area contributed by atoms with Crippen molar-refractivity contribution >= 4 is 29.3 Å². The van der Waals surface area contributed by atoms with Crippen molar-refractivity contribution in [3.63, 3.8) is 0 Å². The zero-order chi connectivity index (χ0) is 16.1. The Labute approximate surface area is 138 Å². The van der Waals surface area contributed by atoms with E-state index < -0.39 is 5.91 Å². The van der Waals surface area contributed by atoms with Gasteiger partial charge in [0.2, 0.25) is 5.91 Å². The van der Waals surface area contributed by atoms with E-state index in [4.69, 9.17) is 22.1 Å². The number of ether oxygens (including phenoxy) is 1. The zero-order valence-electron chi connectivity index (χ0n) is 12.3.